The quantitative estimate of drug-likeness (QED) is 0.834. The van der Waals surface area contributed by atoms with E-state index in [2.05, 4.69) is 10.6 Å². The Morgan fingerprint density at radius 2 is 1.92 bits per heavy atom. The van der Waals surface area contributed by atoms with Gasteiger partial charge in [-0.3, -0.25) is 4.79 Å². The standard InChI is InChI=1S/C18H17F3N2O2S/c19-18(20,21)15-7-8-16(26-15)25-12-4-1-10(2-5-12)17(24)23-14-9-11-3-6-13(14)22-11/h1-2,4-5,7-8,11,13-14,22H,3,6,9H2,(H,23,24). The van der Waals surface area contributed by atoms with Gasteiger partial charge in [0, 0.05) is 23.7 Å². The first-order valence-electron chi connectivity index (χ1n) is 8.40. The summed E-state index contributed by atoms with van der Waals surface area (Å²) in [7, 11) is 0. The van der Waals surface area contributed by atoms with Crippen LogP contribution in [0, 0.1) is 0 Å². The monoisotopic (exact) mass is 382 g/mol. The highest BCUT2D eigenvalue weighted by atomic mass is 32.1. The normalized spacial score (nSPS) is 24.7. The fraction of sp³-hybridized carbons (Fsp3) is 0.389. The molecule has 3 heterocycles. The molecule has 8 heteroatoms. The second kappa shape index (κ2) is 6.59. The molecule has 26 heavy (non-hydrogen) atoms. The van der Waals surface area contributed by atoms with E-state index < -0.39 is 11.1 Å². The number of alkyl halides is 3. The third-order valence-corrected chi connectivity index (χ3v) is 5.82. The molecule has 1 aromatic heterocycles. The fourth-order valence-electron chi connectivity index (χ4n) is 3.55. The maximum Gasteiger partial charge on any atom is 0.425 e. The van der Waals surface area contributed by atoms with Gasteiger partial charge >= 0.3 is 6.18 Å². The van der Waals surface area contributed by atoms with E-state index in [9.17, 15) is 18.0 Å². The third-order valence-electron chi connectivity index (χ3n) is 4.81. The highest BCUT2D eigenvalue weighted by molar-refractivity contribution is 7.13. The van der Waals surface area contributed by atoms with Gasteiger partial charge in [0.2, 0.25) is 0 Å². The van der Waals surface area contributed by atoms with Crippen molar-refractivity contribution in [2.45, 2.75) is 43.6 Å². The first-order chi connectivity index (χ1) is 12.4. The van der Waals surface area contributed by atoms with E-state index in [0.29, 0.717) is 34.7 Å². The second-order valence-corrected chi connectivity index (χ2v) is 7.65. The number of carbonyl (C=O) groups excluding carboxylic acids is 1. The van der Waals surface area contributed by atoms with Crippen LogP contribution in [0.2, 0.25) is 0 Å². The van der Waals surface area contributed by atoms with Crippen molar-refractivity contribution in [2.24, 2.45) is 0 Å². The smallest absolute Gasteiger partial charge is 0.425 e. The first kappa shape index (κ1) is 17.4. The highest BCUT2D eigenvalue weighted by Gasteiger charge is 2.39. The number of rotatable bonds is 4. The van der Waals surface area contributed by atoms with E-state index >= 15 is 0 Å². The fourth-order valence-corrected chi connectivity index (χ4v) is 4.30. The van der Waals surface area contributed by atoms with Crippen molar-refractivity contribution in [3.05, 3.63) is 46.8 Å². The predicted octanol–water partition coefficient (Wildman–Crippen LogP) is 4.18. The molecular weight excluding hydrogens is 365 g/mol. The van der Waals surface area contributed by atoms with Crippen LogP contribution >= 0.6 is 11.3 Å². The number of nitrogens with one attached hydrogen (secondary N) is 2. The molecule has 2 aliphatic rings. The maximum atomic E-state index is 12.6. The van der Waals surface area contributed by atoms with Crippen molar-refractivity contribution in [3.8, 4) is 10.8 Å². The molecule has 0 saturated carbocycles. The molecular formula is C18H17F3N2O2S. The summed E-state index contributed by atoms with van der Waals surface area (Å²) >= 11 is 0.540. The van der Waals surface area contributed by atoms with Crippen LogP contribution < -0.4 is 15.4 Å². The number of amides is 1. The zero-order valence-electron chi connectivity index (χ0n) is 13.7. The predicted molar refractivity (Wildman–Crippen MR) is 91.7 cm³/mol. The summed E-state index contributed by atoms with van der Waals surface area (Å²) in [6.07, 6.45) is -1.16. The van der Waals surface area contributed by atoms with Gasteiger partial charge in [0.05, 0.1) is 0 Å². The van der Waals surface area contributed by atoms with Gasteiger partial charge in [-0.1, -0.05) is 11.3 Å². The van der Waals surface area contributed by atoms with Crippen molar-refractivity contribution in [1.82, 2.24) is 10.6 Å². The van der Waals surface area contributed by atoms with Crippen LogP contribution in [0.3, 0.4) is 0 Å². The molecule has 0 radical (unpaired) electrons. The number of fused-ring (bicyclic) bond motifs is 2. The van der Waals surface area contributed by atoms with Gasteiger partial charge in [0.1, 0.15) is 10.6 Å². The van der Waals surface area contributed by atoms with E-state index in [1.165, 1.54) is 12.5 Å². The number of benzene rings is 1. The molecule has 0 aliphatic carbocycles. The van der Waals surface area contributed by atoms with E-state index in [-0.39, 0.29) is 17.0 Å². The number of thiophene rings is 1. The zero-order chi connectivity index (χ0) is 18.3. The Morgan fingerprint density at radius 3 is 2.50 bits per heavy atom. The molecule has 138 valence electrons. The molecule has 1 aromatic carbocycles. The van der Waals surface area contributed by atoms with Crippen molar-refractivity contribution in [1.29, 1.82) is 0 Å². The number of ether oxygens (including phenoxy) is 1. The van der Waals surface area contributed by atoms with Crippen molar-refractivity contribution < 1.29 is 22.7 Å². The number of halogens is 3. The van der Waals surface area contributed by atoms with E-state index in [1.54, 1.807) is 24.3 Å². The molecule has 2 aliphatic heterocycles. The van der Waals surface area contributed by atoms with Gasteiger partial charge in [-0.05, 0) is 55.7 Å². The largest absolute Gasteiger partial charge is 0.447 e. The van der Waals surface area contributed by atoms with Gasteiger partial charge < -0.3 is 15.4 Å². The maximum absolute atomic E-state index is 12.6. The lowest BCUT2D eigenvalue weighted by atomic mass is 9.95. The minimum absolute atomic E-state index is 0.147. The van der Waals surface area contributed by atoms with Crippen LogP contribution in [-0.2, 0) is 6.18 Å². The van der Waals surface area contributed by atoms with Gasteiger partial charge in [-0.2, -0.15) is 13.2 Å². The number of carbonyl (C=O) groups is 1. The summed E-state index contributed by atoms with van der Waals surface area (Å²) in [6, 6.07) is 9.70. The Kier molecular flexibility index (Phi) is 4.40. The van der Waals surface area contributed by atoms with E-state index in [4.69, 9.17) is 4.74 Å². The van der Waals surface area contributed by atoms with Gasteiger partial charge in [-0.25, -0.2) is 0 Å². The Bertz CT molecular complexity index is 804. The molecule has 3 atom stereocenters. The summed E-state index contributed by atoms with van der Waals surface area (Å²) in [4.78, 5) is 11.7. The highest BCUT2D eigenvalue weighted by Crippen LogP contribution is 2.39. The lowest BCUT2D eigenvalue weighted by Crippen LogP contribution is -2.42. The van der Waals surface area contributed by atoms with Crippen LogP contribution in [0.4, 0.5) is 13.2 Å². The summed E-state index contributed by atoms with van der Waals surface area (Å²) in [6.45, 7) is 0. The lowest BCUT2D eigenvalue weighted by Gasteiger charge is -2.21. The Balaban J connectivity index is 1.37. The zero-order valence-corrected chi connectivity index (χ0v) is 14.5. The van der Waals surface area contributed by atoms with E-state index in [1.807, 2.05) is 0 Å². The van der Waals surface area contributed by atoms with Crippen molar-refractivity contribution >= 4 is 17.2 Å². The first-order valence-corrected chi connectivity index (χ1v) is 9.22. The number of hydrogen-bond donors (Lipinski definition) is 2. The van der Waals surface area contributed by atoms with Crippen LogP contribution in [0.25, 0.3) is 0 Å². The topological polar surface area (TPSA) is 50.4 Å². The summed E-state index contributed by atoms with van der Waals surface area (Å²) in [5, 5.41) is 6.68. The molecule has 4 nitrogen and oxygen atoms in total. The van der Waals surface area contributed by atoms with Gasteiger partial charge in [0.25, 0.3) is 5.91 Å². The van der Waals surface area contributed by atoms with Gasteiger partial charge in [-0.15, -0.1) is 0 Å². The molecule has 2 saturated heterocycles. The SMILES string of the molecule is O=C(NC1CC2CCC1N2)c1ccc(Oc2ccc(C(F)(F)F)s2)cc1. The molecule has 0 spiro atoms. The van der Waals surface area contributed by atoms with Crippen LogP contribution in [0.1, 0.15) is 34.5 Å². The minimum Gasteiger partial charge on any atom is -0.447 e. The van der Waals surface area contributed by atoms with Crippen molar-refractivity contribution in [2.75, 3.05) is 0 Å². The summed E-state index contributed by atoms with van der Waals surface area (Å²) in [5.74, 6) is 0.241. The molecule has 3 unspecified atom stereocenters. The second-order valence-electron chi connectivity index (χ2n) is 6.61. The average Bonchev–Trinajstić information content (AvgIpc) is 3.31. The summed E-state index contributed by atoms with van der Waals surface area (Å²) in [5.41, 5.74) is 0.502. The molecule has 4 rings (SSSR count). The van der Waals surface area contributed by atoms with Gasteiger partial charge in [0.15, 0.2) is 5.06 Å². The Hall–Kier alpha value is -2.06. The number of hydrogen-bond acceptors (Lipinski definition) is 4. The Morgan fingerprint density at radius 1 is 1.15 bits per heavy atom. The summed E-state index contributed by atoms with van der Waals surface area (Å²) < 4.78 is 43.3. The van der Waals surface area contributed by atoms with E-state index in [0.717, 1.165) is 18.9 Å². The molecule has 2 fully saturated rings. The minimum atomic E-state index is -4.37. The lowest BCUT2D eigenvalue weighted by molar-refractivity contribution is -0.134. The molecule has 2 aromatic rings. The van der Waals surface area contributed by atoms with Crippen LogP contribution in [0.5, 0.6) is 10.8 Å². The van der Waals surface area contributed by atoms with Crippen molar-refractivity contribution in [3.63, 3.8) is 0 Å². The van der Waals surface area contributed by atoms with Crippen LogP contribution in [-0.4, -0.2) is 24.0 Å². The average molecular weight is 382 g/mol. The third kappa shape index (κ3) is 3.57. The molecule has 2 bridgehead atoms. The van der Waals surface area contributed by atoms with Crippen LogP contribution in [0.15, 0.2) is 36.4 Å². The Labute approximate surface area is 152 Å². The molecule has 2 N–H and O–H groups in total. The molecule has 1 amide bonds.